The van der Waals surface area contributed by atoms with Crippen LogP contribution in [-0.2, 0) is 14.6 Å². The van der Waals surface area contributed by atoms with Crippen molar-refractivity contribution < 1.29 is 14.6 Å². The van der Waals surface area contributed by atoms with Crippen molar-refractivity contribution in [3.63, 3.8) is 0 Å². The van der Waals surface area contributed by atoms with Crippen LogP contribution in [0.4, 0.5) is 0 Å². The van der Waals surface area contributed by atoms with Crippen molar-refractivity contribution in [1.29, 1.82) is 0 Å². The van der Waals surface area contributed by atoms with Gasteiger partial charge in [-0.1, -0.05) is 6.42 Å². The average Bonchev–Trinajstić information content (AvgIpc) is 2.22. The Morgan fingerprint density at radius 2 is 1.31 bits per heavy atom. The molecule has 0 aromatic heterocycles. The van der Waals surface area contributed by atoms with Gasteiger partial charge in [0.2, 0.25) is 0 Å². The Morgan fingerprint density at radius 1 is 0.769 bits per heavy atom. The second-order valence-electron chi connectivity index (χ2n) is 3.45. The lowest BCUT2D eigenvalue weighted by Crippen LogP contribution is -2.05. The molecular weight excluding hydrogens is 168 g/mol. The predicted octanol–water partition coefficient (Wildman–Crippen LogP) is 2.25. The topological polar surface area (TPSA) is 35.5 Å². The lowest BCUT2D eigenvalue weighted by atomic mass is 10.00. The molecule has 76 valence electrons. The standard InChI is InChI=1S/C6H10O.C4H8O2/c7-6-4-2-1-3-5-6;1-2-4-6-5-3-1/h1-5H2;1-4H2. The number of rotatable bonds is 0. The third-order valence-electron chi connectivity index (χ3n) is 2.20. The van der Waals surface area contributed by atoms with Crippen LogP contribution < -0.4 is 0 Å². The van der Waals surface area contributed by atoms with Crippen molar-refractivity contribution in [2.24, 2.45) is 0 Å². The van der Waals surface area contributed by atoms with Crippen LogP contribution >= 0.6 is 0 Å². The van der Waals surface area contributed by atoms with Crippen molar-refractivity contribution in [2.75, 3.05) is 13.2 Å². The molecule has 1 aliphatic heterocycles. The summed E-state index contributed by atoms with van der Waals surface area (Å²) >= 11 is 0. The van der Waals surface area contributed by atoms with Crippen LogP contribution in [0, 0.1) is 0 Å². The zero-order chi connectivity index (χ0) is 9.36. The number of Topliss-reactive ketones (excluding diaryl/α,β-unsaturated/α-hetero) is 1. The van der Waals surface area contributed by atoms with E-state index >= 15 is 0 Å². The van der Waals surface area contributed by atoms with Crippen LogP contribution in [0.3, 0.4) is 0 Å². The summed E-state index contributed by atoms with van der Waals surface area (Å²) in [6.45, 7) is 1.56. The summed E-state index contributed by atoms with van der Waals surface area (Å²) in [5.41, 5.74) is 0. The third kappa shape index (κ3) is 5.77. The molecule has 1 saturated heterocycles. The van der Waals surface area contributed by atoms with Gasteiger partial charge in [0.25, 0.3) is 0 Å². The van der Waals surface area contributed by atoms with Gasteiger partial charge in [0.15, 0.2) is 0 Å². The normalized spacial score (nSPS) is 23.2. The number of hydrogen-bond acceptors (Lipinski definition) is 3. The minimum absolute atomic E-state index is 0.464. The molecule has 2 rings (SSSR count). The monoisotopic (exact) mass is 186 g/mol. The first-order chi connectivity index (χ1) is 6.39. The highest BCUT2D eigenvalue weighted by Gasteiger charge is 2.05. The molecule has 0 amide bonds. The van der Waals surface area contributed by atoms with Crippen LogP contribution in [-0.4, -0.2) is 19.0 Å². The smallest absolute Gasteiger partial charge is 0.132 e. The van der Waals surface area contributed by atoms with Gasteiger partial charge in [-0.2, -0.15) is 0 Å². The molecule has 0 unspecified atom stereocenters. The third-order valence-corrected chi connectivity index (χ3v) is 2.20. The number of ketones is 1. The van der Waals surface area contributed by atoms with Gasteiger partial charge in [-0.25, -0.2) is 9.78 Å². The first-order valence-corrected chi connectivity index (χ1v) is 5.16. The molecule has 13 heavy (non-hydrogen) atoms. The fourth-order valence-corrected chi connectivity index (χ4v) is 1.39. The van der Waals surface area contributed by atoms with Crippen LogP contribution in [0.1, 0.15) is 44.9 Å². The van der Waals surface area contributed by atoms with E-state index in [4.69, 9.17) is 0 Å². The van der Waals surface area contributed by atoms with Gasteiger partial charge in [0.1, 0.15) is 5.78 Å². The lowest BCUT2D eigenvalue weighted by Gasteiger charge is -2.07. The Morgan fingerprint density at radius 3 is 1.54 bits per heavy atom. The van der Waals surface area contributed by atoms with E-state index in [1.165, 1.54) is 6.42 Å². The van der Waals surface area contributed by atoms with E-state index in [1.54, 1.807) is 0 Å². The highest BCUT2D eigenvalue weighted by molar-refractivity contribution is 5.78. The van der Waals surface area contributed by atoms with E-state index in [0.717, 1.165) is 51.7 Å². The maximum absolute atomic E-state index is 10.5. The fourth-order valence-electron chi connectivity index (χ4n) is 1.39. The highest BCUT2D eigenvalue weighted by Crippen LogP contribution is 2.12. The zero-order valence-corrected chi connectivity index (χ0v) is 8.09. The van der Waals surface area contributed by atoms with Crippen molar-refractivity contribution in [3.05, 3.63) is 0 Å². The van der Waals surface area contributed by atoms with E-state index in [-0.39, 0.29) is 0 Å². The Balaban J connectivity index is 0.000000132. The first-order valence-electron chi connectivity index (χ1n) is 5.16. The summed E-state index contributed by atoms with van der Waals surface area (Å²) < 4.78 is 0. The van der Waals surface area contributed by atoms with Crippen molar-refractivity contribution in [3.8, 4) is 0 Å². The molecule has 3 nitrogen and oxygen atoms in total. The molecule has 0 aromatic carbocycles. The van der Waals surface area contributed by atoms with Crippen molar-refractivity contribution in [1.82, 2.24) is 0 Å². The summed E-state index contributed by atoms with van der Waals surface area (Å²) in [4.78, 5) is 19.6. The first kappa shape index (κ1) is 10.7. The van der Waals surface area contributed by atoms with Crippen LogP contribution in [0.2, 0.25) is 0 Å². The summed E-state index contributed by atoms with van der Waals surface area (Å²) in [6, 6.07) is 0. The van der Waals surface area contributed by atoms with E-state index in [1.807, 2.05) is 0 Å². The highest BCUT2D eigenvalue weighted by atomic mass is 17.2. The van der Waals surface area contributed by atoms with E-state index in [2.05, 4.69) is 9.78 Å². The summed E-state index contributed by atoms with van der Waals surface area (Å²) in [5, 5.41) is 0. The molecule has 0 N–H and O–H groups in total. The van der Waals surface area contributed by atoms with Gasteiger partial charge in [-0.3, -0.25) is 4.79 Å². The van der Waals surface area contributed by atoms with E-state index in [0.29, 0.717) is 5.78 Å². The minimum atomic E-state index is 0.464. The minimum Gasteiger partial charge on any atom is -0.300 e. The molecule has 3 heteroatoms. The van der Waals surface area contributed by atoms with Crippen LogP contribution in [0.15, 0.2) is 0 Å². The van der Waals surface area contributed by atoms with Gasteiger partial charge in [-0.05, 0) is 25.7 Å². The largest absolute Gasteiger partial charge is 0.300 e. The summed E-state index contributed by atoms with van der Waals surface area (Å²) in [7, 11) is 0. The number of carbonyl (C=O) groups excluding carboxylic acids is 1. The van der Waals surface area contributed by atoms with Gasteiger partial charge < -0.3 is 0 Å². The maximum Gasteiger partial charge on any atom is 0.132 e. The lowest BCUT2D eigenvalue weighted by molar-refractivity contribution is -0.312. The second-order valence-corrected chi connectivity index (χ2v) is 3.45. The van der Waals surface area contributed by atoms with E-state index < -0.39 is 0 Å². The van der Waals surface area contributed by atoms with Gasteiger partial charge in [0.05, 0.1) is 13.2 Å². The number of hydrogen-bond donors (Lipinski definition) is 0. The molecule has 0 atom stereocenters. The molecule has 0 radical (unpaired) electrons. The fraction of sp³-hybridized carbons (Fsp3) is 0.900. The summed E-state index contributed by atoms with van der Waals surface area (Å²) in [5.74, 6) is 0.464. The molecule has 1 heterocycles. The Bertz CT molecular complexity index is 122. The molecule has 0 aromatic rings. The second kappa shape index (κ2) is 7.04. The Labute approximate surface area is 79.3 Å². The quantitative estimate of drug-likeness (QED) is 0.544. The number of carbonyl (C=O) groups is 1. The molecular formula is C10H18O3. The molecule has 0 spiro atoms. The van der Waals surface area contributed by atoms with E-state index in [9.17, 15) is 4.79 Å². The maximum atomic E-state index is 10.5. The molecule has 0 bridgehead atoms. The van der Waals surface area contributed by atoms with Crippen molar-refractivity contribution in [2.45, 2.75) is 44.9 Å². The van der Waals surface area contributed by atoms with Crippen LogP contribution in [0.5, 0.6) is 0 Å². The van der Waals surface area contributed by atoms with Crippen molar-refractivity contribution >= 4 is 5.78 Å². The molecule has 2 fully saturated rings. The van der Waals surface area contributed by atoms with Gasteiger partial charge in [-0.15, -0.1) is 0 Å². The Kier molecular flexibility index (Phi) is 5.78. The van der Waals surface area contributed by atoms with Crippen LogP contribution in [0.25, 0.3) is 0 Å². The molecule has 1 aliphatic carbocycles. The molecule has 2 aliphatic rings. The predicted molar refractivity (Wildman–Crippen MR) is 49.2 cm³/mol. The van der Waals surface area contributed by atoms with Gasteiger partial charge >= 0.3 is 0 Å². The Hall–Kier alpha value is -0.410. The average molecular weight is 186 g/mol. The molecule has 1 saturated carbocycles. The summed E-state index contributed by atoms with van der Waals surface area (Å²) in [6.07, 6.45) is 7.55. The van der Waals surface area contributed by atoms with Gasteiger partial charge in [0, 0.05) is 12.8 Å². The SMILES string of the molecule is C1CCOOC1.O=C1CCCCC1. The zero-order valence-electron chi connectivity index (χ0n) is 8.09.